The van der Waals surface area contributed by atoms with E-state index in [1.54, 1.807) is 12.1 Å². The van der Waals surface area contributed by atoms with Gasteiger partial charge in [0.2, 0.25) is 0 Å². The molecule has 1 N–H and O–H groups in total. The number of carboxylic acid groups (broad SMARTS) is 1. The van der Waals surface area contributed by atoms with E-state index in [4.69, 9.17) is 5.11 Å². The number of rotatable bonds is 5. The van der Waals surface area contributed by atoms with Gasteiger partial charge in [-0.25, -0.2) is 0 Å². The van der Waals surface area contributed by atoms with Gasteiger partial charge in [-0.2, -0.15) is 0 Å². The second kappa shape index (κ2) is 8.00. The van der Waals surface area contributed by atoms with Crippen LogP contribution in [0.4, 0.5) is 0 Å². The molecule has 0 aliphatic carbocycles. The minimum atomic E-state index is -0.950. The average molecular weight is 278 g/mol. The molecule has 0 aliphatic heterocycles. The number of ketones is 1. The van der Waals surface area contributed by atoms with E-state index in [0.29, 0.717) is 5.56 Å². The van der Waals surface area contributed by atoms with Gasteiger partial charge in [0.1, 0.15) is 0 Å². The van der Waals surface area contributed by atoms with E-state index in [1.165, 1.54) is 0 Å². The van der Waals surface area contributed by atoms with Crippen LogP contribution in [0.5, 0.6) is 0 Å². The fourth-order valence-corrected chi connectivity index (χ4v) is 1.84. The summed E-state index contributed by atoms with van der Waals surface area (Å²) in [6.45, 7) is 0. The number of Topliss-reactive ketones (excluding diaryl/α,β-unsaturated/α-hetero) is 1. The van der Waals surface area contributed by atoms with Crippen molar-refractivity contribution < 1.29 is 14.7 Å². The Labute approximate surface area is 139 Å². The van der Waals surface area contributed by atoms with Crippen molar-refractivity contribution >= 4 is 41.3 Å². The molecule has 0 amide bonds. The normalized spacial score (nSPS) is 9.60. The fraction of sp³-hybridized carbons (Fsp3) is 0.125. The fourth-order valence-electron chi connectivity index (χ4n) is 1.84. The molecular weight excluding hydrogens is 263 g/mol. The number of hydrogen-bond acceptors (Lipinski definition) is 2. The molecule has 0 unspecified atom stereocenters. The Morgan fingerprint density at radius 1 is 0.800 bits per heavy atom. The monoisotopic (exact) mass is 278 g/mol. The number of hydrogen-bond donors (Lipinski definition) is 1. The van der Waals surface area contributed by atoms with Crippen LogP contribution in [0.1, 0.15) is 23.2 Å². The van der Waals surface area contributed by atoms with Gasteiger partial charge < -0.3 is 5.11 Å². The van der Waals surface area contributed by atoms with Crippen molar-refractivity contribution in [3.63, 3.8) is 0 Å². The van der Waals surface area contributed by atoms with E-state index in [1.807, 2.05) is 42.5 Å². The Morgan fingerprint density at radius 3 is 1.90 bits per heavy atom. The molecule has 0 radical (unpaired) electrons. The predicted molar refractivity (Wildman–Crippen MR) is 80.2 cm³/mol. The summed E-state index contributed by atoms with van der Waals surface area (Å²) in [5, 5.41) is 8.55. The molecule has 0 saturated heterocycles. The van der Waals surface area contributed by atoms with Crippen LogP contribution in [-0.4, -0.2) is 46.4 Å². The summed E-state index contributed by atoms with van der Waals surface area (Å²) in [4.78, 5) is 22.2. The molecule has 0 spiro atoms. The van der Waals surface area contributed by atoms with Crippen LogP contribution in [0.2, 0.25) is 0 Å². The van der Waals surface area contributed by atoms with E-state index >= 15 is 0 Å². The van der Waals surface area contributed by atoms with Crippen molar-refractivity contribution in [3.05, 3.63) is 60.2 Å². The number of aliphatic carboxylic acids is 1. The summed E-state index contributed by atoms with van der Waals surface area (Å²) in [5.41, 5.74) is 2.68. The molecule has 0 fully saturated rings. The zero-order chi connectivity index (χ0) is 13.7. The molecule has 0 bridgehead atoms. The van der Waals surface area contributed by atoms with Crippen molar-refractivity contribution in [2.75, 3.05) is 0 Å². The molecule has 4 heteroatoms. The second-order valence-corrected chi connectivity index (χ2v) is 4.26. The topological polar surface area (TPSA) is 54.4 Å². The van der Waals surface area contributed by atoms with Crippen LogP contribution in [0.25, 0.3) is 11.1 Å². The van der Waals surface area contributed by atoms with Crippen molar-refractivity contribution in [1.82, 2.24) is 0 Å². The van der Waals surface area contributed by atoms with Gasteiger partial charge in [0.05, 0.1) is 6.42 Å². The van der Waals surface area contributed by atoms with Gasteiger partial charge in [-0.1, -0.05) is 54.6 Å². The summed E-state index contributed by atoms with van der Waals surface area (Å²) in [6, 6.07) is 17.1. The van der Waals surface area contributed by atoms with Crippen LogP contribution in [0.15, 0.2) is 54.6 Å². The van der Waals surface area contributed by atoms with Gasteiger partial charge in [0.25, 0.3) is 0 Å². The molecule has 98 valence electrons. The van der Waals surface area contributed by atoms with E-state index < -0.39 is 5.97 Å². The molecule has 2 aromatic carbocycles. The van der Waals surface area contributed by atoms with Gasteiger partial charge in [-0.15, -0.1) is 0 Å². The number of carbonyl (C=O) groups excluding carboxylic acids is 1. The van der Waals surface area contributed by atoms with Gasteiger partial charge in [-0.05, 0) is 11.1 Å². The zero-order valence-electron chi connectivity index (χ0n) is 10.4. The zero-order valence-corrected chi connectivity index (χ0v) is 10.4. The maximum absolute atomic E-state index is 11.7. The molecule has 0 aromatic heterocycles. The van der Waals surface area contributed by atoms with Gasteiger partial charge >= 0.3 is 35.5 Å². The van der Waals surface area contributed by atoms with Crippen molar-refractivity contribution in [2.45, 2.75) is 12.8 Å². The number of carbonyl (C=O) groups is 2. The Hall–Kier alpha value is -1.42. The first-order chi connectivity index (χ1) is 9.16. The molecule has 0 saturated carbocycles. The summed E-state index contributed by atoms with van der Waals surface area (Å²) in [5.74, 6) is -1.09. The summed E-state index contributed by atoms with van der Waals surface area (Å²) in [7, 11) is 0. The minimum absolute atomic E-state index is 0. The SMILES string of the molecule is O=C(O)CCC(=O)c1ccc(-c2ccccc2)cc1.[NaH]. The predicted octanol–water partition coefficient (Wildman–Crippen LogP) is 2.75. The van der Waals surface area contributed by atoms with Crippen LogP contribution in [0.3, 0.4) is 0 Å². The standard InChI is InChI=1S/C16H14O3.Na.H/c17-15(10-11-16(18)19)14-8-6-13(7-9-14)12-4-2-1-3-5-12;;/h1-9H,10-11H2,(H,18,19);;. The summed E-state index contributed by atoms with van der Waals surface area (Å²) < 4.78 is 0. The van der Waals surface area contributed by atoms with Gasteiger partial charge in [0.15, 0.2) is 5.78 Å². The van der Waals surface area contributed by atoms with Crippen LogP contribution in [0, 0.1) is 0 Å². The van der Waals surface area contributed by atoms with Crippen LogP contribution < -0.4 is 0 Å². The number of benzene rings is 2. The summed E-state index contributed by atoms with van der Waals surface area (Å²) >= 11 is 0. The molecule has 3 nitrogen and oxygen atoms in total. The maximum atomic E-state index is 11.7. The van der Waals surface area contributed by atoms with Crippen molar-refractivity contribution in [2.24, 2.45) is 0 Å². The third kappa shape index (κ3) is 4.60. The molecule has 0 atom stereocenters. The third-order valence-electron chi connectivity index (χ3n) is 2.88. The molecule has 2 aromatic rings. The first-order valence-corrected chi connectivity index (χ1v) is 6.07. The molecule has 20 heavy (non-hydrogen) atoms. The molecule has 2 rings (SSSR count). The Balaban J connectivity index is 0.00000200. The first-order valence-electron chi connectivity index (χ1n) is 6.07. The second-order valence-electron chi connectivity index (χ2n) is 4.26. The summed E-state index contributed by atoms with van der Waals surface area (Å²) in [6.07, 6.45) is -0.0840. The van der Waals surface area contributed by atoms with Crippen molar-refractivity contribution in [3.8, 4) is 11.1 Å². The van der Waals surface area contributed by atoms with Crippen LogP contribution in [-0.2, 0) is 4.79 Å². The van der Waals surface area contributed by atoms with E-state index in [-0.39, 0.29) is 48.2 Å². The Bertz CT molecular complexity index is 576. The Morgan fingerprint density at radius 2 is 1.35 bits per heavy atom. The molecule has 0 aliphatic rings. The van der Waals surface area contributed by atoms with Gasteiger partial charge in [0, 0.05) is 12.0 Å². The van der Waals surface area contributed by atoms with Crippen molar-refractivity contribution in [1.29, 1.82) is 0 Å². The quantitative estimate of drug-likeness (QED) is 0.676. The third-order valence-corrected chi connectivity index (χ3v) is 2.88. The molecular formula is C16H15NaO3. The number of carboxylic acids is 1. The average Bonchev–Trinajstić information content (AvgIpc) is 2.46. The first kappa shape index (κ1) is 16.6. The van der Waals surface area contributed by atoms with Gasteiger partial charge in [-0.3, -0.25) is 9.59 Å². The Kier molecular flexibility index (Phi) is 6.65. The van der Waals surface area contributed by atoms with Crippen LogP contribution >= 0.6 is 0 Å². The molecule has 0 heterocycles. The van der Waals surface area contributed by atoms with E-state index in [9.17, 15) is 9.59 Å². The van der Waals surface area contributed by atoms with E-state index in [2.05, 4.69) is 0 Å². The van der Waals surface area contributed by atoms with E-state index in [0.717, 1.165) is 11.1 Å².